The smallest absolute Gasteiger partial charge is 0.311 e. The third-order valence-corrected chi connectivity index (χ3v) is 4.93. The van der Waals surface area contributed by atoms with E-state index in [1.54, 1.807) is 0 Å². The van der Waals surface area contributed by atoms with Crippen molar-refractivity contribution in [3.63, 3.8) is 0 Å². The minimum Gasteiger partial charge on any atom is -0.465 e. The van der Waals surface area contributed by atoms with Crippen molar-refractivity contribution in [2.75, 3.05) is 6.61 Å². The highest BCUT2D eigenvalue weighted by Crippen LogP contribution is 2.34. The molecule has 1 fully saturated rings. The lowest BCUT2D eigenvalue weighted by molar-refractivity contribution is -0.165. The Labute approximate surface area is 134 Å². The fraction of sp³-hybridized carbons (Fsp3) is 0.889. The van der Waals surface area contributed by atoms with Gasteiger partial charge in [0.2, 0.25) is 0 Å². The van der Waals surface area contributed by atoms with Gasteiger partial charge in [0, 0.05) is 6.42 Å². The van der Waals surface area contributed by atoms with Gasteiger partial charge in [-0.3, -0.25) is 9.59 Å². The largest absolute Gasteiger partial charge is 0.465 e. The van der Waals surface area contributed by atoms with Crippen LogP contribution in [0.25, 0.3) is 0 Å². The molecule has 22 heavy (non-hydrogen) atoms. The molecule has 1 rings (SSSR count). The summed E-state index contributed by atoms with van der Waals surface area (Å²) in [7, 11) is 0. The topological polar surface area (TPSA) is 52.6 Å². The molecule has 1 aliphatic carbocycles. The molecule has 0 heterocycles. The Balaban J connectivity index is 2.27. The van der Waals surface area contributed by atoms with Crippen molar-refractivity contribution < 1.29 is 19.1 Å². The Morgan fingerprint density at radius 1 is 1.09 bits per heavy atom. The average molecular weight is 312 g/mol. The van der Waals surface area contributed by atoms with Gasteiger partial charge in [-0.05, 0) is 58.8 Å². The summed E-state index contributed by atoms with van der Waals surface area (Å²) in [5.41, 5.74) is -0.689. The first kappa shape index (κ1) is 19.0. The zero-order valence-electron chi connectivity index (χ0n) is 14.7. The molecule has 0 bridgehead atoms. The van der Waals surface area contributed by atoms with Crippen LogP contribution >= 0.6 is 0 Å². The molecule has 0 amide bonds. The number of esters is 2. The number of rotatable bonds is 8. The van der Waals surface area contributed by atoms with E-state index in [0.29, 0.717) is 12.8 Å². The summed E-state index contributed by atoms with van der Waals surface area (Å²) in [5.74, 6) is -0.352. The van der Waals surface area contributed by atoms with E-state index in [2.05, 4.69) is 6.92 Å². The van der Waals surface area contributed by atoms with Crippen LogP contribution in [0.1, 0.15) is 85.5 Å². The predicted octanol–water partition coefficient (Wildman–Crippen LogP) is 4.40. The third kappa shape index (κ3) is 5.62. The van der Waals surface area contributed by atoms with Gasteiger partial charge in [0.1, 0.15) is 5.60 Å². The summed E-state index contributed by atoms with van der Waals surface area (Å²) < 4.78 is 11.0. The molecule has 0 radical (unpaired) electrons. The molecule has 0 spiro atoms. The Hall–Kier alpha value is -1.06. The molecule has 4 nitrogen and oxygen atoms in total. The summed E-state index contributed by atoms with van der Waals surface area (Å²) in [6.07, 6.45) is 7.97. The van der Waals surface area contributed by atoms with E-state index in [-0.39, 0.29) is 24.1 Å². The van der Waals surface area contributed by atoms with Gasteiger partial charge in [0.25, 0.3) is 0 Å². The van der Waals surface area contributed by atoms with Crippen molar-refractivity contribution in [2.24, 2.45) is 5.41 Å². The molecule has 0 aliphatic heterocycles. The monoisotopic (exact) mass is 312 g/mol. The van der Waals surface area contributed by atoms with E-state index >= 15 is 0 Å². The number of hydrogen-bond donors (Lipinski definition) is 0. The minimum atomic E-state index is -0.450. The van der Waals surface area contributed by atoms with Gasteiger partial charge in [0.15, 0.2) is 0 Å². The molecule has 128 valence electrons. The molecule has 1 aliphatic rings. The first-order valence-corrected chi connectivity index (χ1v) is 8.74. The summed E-state index contributed by atoms with van der Waals surface area (Å²) in [4.78, 5) is 23.8. The second-order valence-electron chi connectivity index (χ2n) is 7.05. The molecular formula is C18H32O4. The van der Waals surface area contributed by atoms with E-state index < -0.39 is 5.41 Å². The quantitative estimate of drug-likeness (QED) is 0.492. The van der Waals surface area contributed by atoms with Crippen LogP contribution in [0.4, 0.5) is 0 Å². The SMILES string of the molecule is CCC1(OC(=O)CCCOC(=O)C(C)(C)CC)CCCCC1. The molecule has 0 aromatic heterocycles. The molecule has 1 saturated carbocycles. The van der Waals surface area contributed by atoms with Crippen LogP contribution in [0.2, 0.25) is 0 Å². The van der Waals surface area contributed by atoms with Gasteiger partial charge in [-0.2, -0.15) is 0 Å². The van der Waals surface area contributed by atoms with Crippen LogP contribution in [0.3, 0.4) is 0 Å². The van der Waals surface area contributed by atoms with Gasteiger partial charge in [0.05, 0.1) is 12.0 Å². The van der Waals surface area contributed by atoms with Gasteiger partial charge < -0.3 is 9.47 Å². The Morgan fingerprint density at radius 3 is 2.27 bits per heavy atom. The van der Waals surface area contributed by atoms with E-state index in [0.717, 1.165) is 38.5 Å². The number of carbonyl (C=O) groups excluding carboxylic acids is 2. The first-order valence-electron chi connectivity index (χ1n) is 8.74. The lowest BCUT2D eigenvalue weighted by Gasteiger charge is -2.36. The summed E-state index contributed by atoms with van der Waals surface area (Å²) in [5, 5.41) is 0. The van der Waals surface area contributed by atoms with E-state index in [1.807, 2.05) is 20.8 Å². The zero-order chi connectivity index (χ0) is 16.6. The number of carbonyl (C=O) groups is 2. The normalized spacial score (nSPS) is 17.8. The van der Waals surface area contributed by atoms with Crippen LogP contribution in [-0.2, 0) is 19.1 Å². The first-order chi connectivity index (χ1) is 10.4. The average Bonchev–Trinajstić information content (AvgIpc) is 2.52. The zero-order valence-corrected chi connectivity index (χ0v) is 14.7. The Morgan fingerprint density at radius 2 is 1.73 bits per heavy atom. The number of ether oxygens (including phenoxy) is 2. The van der Waals surface area contributed by atoms with Crippen molar-refractivity contribution >= 4 is 11.9 Å². The second-order valence-corrected chi connectivity index (χ2v) is 7.05. The van der Waals surface area contributed by atoms with Gasteiger partial charge in [-0.25, -0.2) is 0 Å². The van der Waals surface area contributed by atoms with Crippen LogP contribution in [0.5, 0.6) is 0 Å². The molecule has 4 heteroatoms. The van der Waals surface area contributed by atoms with Crippen LogP contribution in [0, 0.1) is 5.41 Å². The Kier molecular flexibility index (Phi) is 7.37. The summed E-state index contributed by atoms with van der Waals surface area (Å²) in [6.45, 7) is 8.09. The highest BCUT2D eigenvalue weighted by Gasteiger charge is 2.34. The highest BCUT2D eigenvalue weighted by atomic mass is 16.6. The minimum absolute atomic E-state index is 0.158. The maximum absolute atomic E-state index is 12.0. The van der Waals surface area contributed by atoms with Crippen LogP contribution in [-0.4, -0.2) is 24.1 Å². The van der Waals surface area contributed by atoms with Crippen molar-refractivity contribution in [1.29, 1.82) is 0 Å². The lowest BCUT2D eigenvalue weighted by atomic mass is 9.83. The molecule has 0 saturated heterocycles. The molecule has 0 aromatic rings. The molecule has 0 N–H and O–H groups in total. The maximum Gasteiger partial charge on any atom is 0.311 e. The summed E-state index contributed by atoms with van der Waals surface area (Å²) in [6, 6.07) is 0. The molecule has 0 aromatic carbocycles. The lowest BCUT2D eigenvalue weighted by Crippen LogP contribution is -2.36. The predicted molar refractivity (Wildman–Crippen MR) is 86.5 cm³/mol. The third-order valence-electron chi connectivity index (χ3n) is 4.93. The van der Waals surface area contributed by atoms with Crippen molar-refractivity contribution in [3.8, 4) is 0 Å². The van der Waals surface area contributed by atoms with Crippen LogP contribution in [0.15, 0.2) is 0 Å². The van der Waals surface area contributed by atoms with Crippen molar-refractivity contribution in [1.82, 2.24) is 0 Å². The van der Waals surface area contributed by atoms with Crippen LogP contribution < -0.4 is 0 Å². The molecule has 0 unspecified atom stereocenters. The fourth-order valence-electron chi connectivity index (χ4n) is 2.74. The Bertz CT molecular complexity index is 367. The standard InChI is InChI=1S/C18H32O4/c1-5-17(3,4)16(20)21-14-10-11-15(19)22-18(6-2)12-8-7-9-13-18/h5-14H2,1-4H3. The van der Waals surface area contributed by atoms with Gasteiger partial charge in [-0.1, -0.05) is 20.3 Å². The van der Waals surface area contributed by atoms with E-state index in [1.165, 1.54) is 6.42 Å². The second kappa shape index (κ2) is 8.54. The highest BCUT2D eigenvalue weighted by molar-refractivity contribution is 5.75. The maximum atomic E-state index is 12.0. The fourth-order valence-corrected chi connectivity index (χ4v) is 2.74. The molecule has 0 atom stereocenters. The summed E-state index contributed by atoms with van der Waals surface area (Å²) >= 11 is 0. The van der Waals surface area contributed by atoms with Crippen molar-refractivity contribution in [2.45, 2.75) is 91.1 Å². The number of hydrogen-bond acceptors (Lipinski definition) is 4. The van der Waals surface area contributed by atoms with Crippen molar-refractivity contribution in [3.05, 3.63) is 0 Å². The van der Waals surface area contributed by atoms with Gasteiger partial charge in [-0.15, -0.1) is 0 Å². The van der Waals surface area contributed by atoms with Gasteiger partial charge >= 0.3 is 11.9 Å². The molecular weight excluding hydrogens is 280 g/mol. The van der Waals surface area contributed by atoms with E-state index in [9.17, 15) is 9.59 Å². The van der Waals surface area contributed by atoms with E-state index in [4.69, 9.17) is 9.47 Å².